The highest BCUT2D eigenvalue weighted by atomic mass is 19.4. The fourth-order valence-corrected chi connectivity index (χ4v) is 2.36. The number of hydrogen-bond donors (Lipinski definition) is 0. The molecule has 0 saturated carbocycles. The fraction of sp³-hybridized carbons (Fsp3) is 1.00. The van der Waals surface area contributed by atoms with Crippen molar-refractivity contribution in [3.63, 3.8) is 0 Å². The molecule has 0 aromatic carbocycles. The topological polar surface area (TPSA) is 21.7 Å². The van der Waals surface area contributed by atoms with Gasteiger partial charge in [0.05, 0.1) is 19.3 Å². The van der Waals surface area contributed by atoms with Crippen LogP contribution in [0.3, 0.4) is 0 Å². The SMILES string of the molecule is FC(F)(F)[C@@H]([C@@H]1CCCO1)N1CCOCC1. The third-order valence-electron chi connectivity index (χ3n) is 3.09. The highest BCUT2D eigenvalue weighted by Gasteiger charge is 2.49. The van der Waals surface area contributed by atoms with E-state index in [1.54, 1.807) is 0 Å². The van der Waals surface area contributed by atoms with Crippen LogP contribution in [0.1, 0.15) is 12.8 Å². The van der Waals surface area contributed by atoms with Crippen LogP contribution in [-0.2, 0) is 9.47 Å². The Bertz CT molecular complexity index is 223. The Hall–Kier alpha value is -0.330. The molecule has 0 aliphatic carbocycles. The van der Waals surface area contributed by atoms with Crippen LogP contribution in [0, 0.1) is 0 Å². The molecule has 0 aromatic heterocycles. The summed E-state index contributed by atoms with van der Waals surface area (Å²) in [6, 6.07) is -1.46. The maximum absolute atomic E-state index is 13.0. The van der Waals surface area contributed by atoms with Gasteiger partial charge in [0.1, 0.15) is 6.04 Å². The van der Waals surface area contributed by atoms with E-state index in [-0.39, 0.29) is 0 Å². The molecule has 0 amide bonds. The largest absolute Gasteiger partial charge is 0.406 e. The van der Waals surface area contributed by atoms with Gasteiger partial charge in [0.15, 0.2) is 0 Å². The lowest BCUT2D eigenvalue weighted by atomic mass is 10.1. The average Bonchev–Trinajstić information content (AvgIpc) is 2.71. The first-order valence-electron chi connectivity index (χ1n) is 5.59. The first-order chi connectivity index (χ1) is 7.59. The number of morpholine rings is 1. The summed E-state index contributed by atoms with van der Waals surface area (Å²) in [6.07, 6.45) is -3.69. The second-order valence-corrected chi connectivity index (χ2v) is 4.19. The van der Waals surface area contributed by atoms with E-state index >= 15 is 0 Å². The normalized spacial score (nSPS) is 30.6. The molecular weight excluding hydrogens is 223 g/mol. The summed E-state index contributed by atoms with van der Waals surface area (Å²) in [7, 11) is 0. The van der Waals surface area contributed by atoms with Gasteiger partial charge >= 0.3 is 6.18 Å². The zero-order chi connectivity index (χ0) is 11.6. The smallest absolute Gasteiger partial charge is 0.379 e. The molecule has 2 heterocycles. The van der Waals surface area contributed by atoms with Gasteiger partial charge in [-0.1, -0.05) is 0 Å². The minimum atomic E-state index is -4.22. The third-order valence-corrected chi connectivity index (χ3v) is 3.09. The second kappa shape index (κ2) is 4.89. The number of halogens is 3. The van der Waals surface area contributed by atoms with Crippen molar-refractivity contribution in [1.29, 1.82) is 0 Å². The number of hydrogen-bond acceptors (Lipinski definition) is 3. The maximum Gasteiger partial charge on any atom is 0.406 e. The van der Waals surface area contributed by atoms with E-state index in [0.717, 1.165) is 6.42 Å². The lowest BCUT2D eigenvalue weighted by Crippen LogP contribution is -2.56. The van der Waals surface area contributed by atoms with E-state index in [4.69, 9.17) is 9.47 Å². The molecule has 2 saturated heterocycles. The Morgan fingerprint density at radius 1 is 1.12 bits per heavy atom. The van der Waals surface area contributed by atoms with Crippen LogP contribution < -0.4 is 0 Å². The molecule has 0 unspecified atom stereocenters. The molecule has 2 atom stereocenters. The van der Waals surface area contributed by atoms with E-state index in [1.807, 2.05) is 0 Å². The van der Waals surface area contributed by atoms with Gasteiger partial charge in [-0.2, -0.15) is 13.2 Å². The van der Waals surface area contributed by atoms with E-state index in [9.17, 15) is 13.2 Å². The summed E-state index contributed by atoms with van der Waals surface area (Å²) in [5, 5.41) is 0. The molecule has 0 aromatic rings. The molecule has 0 spiro atoms. The Kier molecular flexibility index (Phi) is 3.71. The Morgan fingerprint density at radius 2 is 1.81 bits per heavy atom. The predicted octanol–water partition coefficient (Wildman–Crippen LogP) is 1.43. The lowest BCUT2D eigenvalue weighted by molar-refractivity contribution is -0.216. The van der Waals surface area contributed by atoms with Crippen LogP contribution in [0.25, 0.3) is 0 Å². The molecule has 6 heteroatoms. The van der Waals surface area contributed by atoms with Crippen molar-refractivity contribution >= 4 is 0 Å². The highest BCUT2D eigenvalue weighted by Crippen LogP contribution is 2.33. The van der Waals surface area contributed by atoms with Crippen molar-refractivity contribution in [2.45, 2.75) is 31.2 Å². The van der Waals surface area contributed by atoms with Gasteiger partial charge in [0.25, 0.3) is 0 Å². The van der Waals surface area contributed by atoms with Crippen LogP contribution in [0.5, 0.6) is 0 Å². The van der Waals surface area contributed by atoms with Gasteiger partial charge in [-0.15, -0.1) is 0 Å². The summed E-state index contributed by atoms with van der Waals surface area (Å²) in [5.74, 6) is 0. The summed E-state index contributed by atoms with van der Waals surface area (Å²) in [6.45, 7) is 1.87. The zero-order valence-corrected chi connectivity index (χ0v) is 9.00. The molecule has 0 N–H and O–H groups in total. The Labute approximate surface area is 92.5 Å². The minimum Gasteiger partial charge on any atom is -0.379 e. The zero-order valence-electron chi connectivity index (χ0n) is 9.00. The van der Waals surface area contributed by atoms with Crippen LogP contribution in [0.4, 0.5) is 13.2 Å². The first-order valence-corrected chi connectivity index (χ1v) is 5.59. The summed E-state index contributed by atoms with van der Waals surface area (Å²) < 4.78 is 49.2. The standard InChI is InChI=1S/C10H16F3NO2/c11-10(12,13)9(8-2-1-5-16-8)14-3-6-15-7-4-14/h8-9H,1-7H2/t8-,9+/m0/s1. The van der Waals surface area contributed by atoms with Crippen molar-refractivity contribution in [1.82, 2.24) is 4.90 Å². The van der Waals surface area contributed by atoms with Gasteiger partial charge in [-0.05, 0) is 12.8 Å². The van der Waals surface area contributed by atoms with Gasteiger partial charge in [-0.25, -0.2) is 0 Å². The van der Waals surface area contributed by atoms with Crippen LogP contribution in [-0.4, -0.2) is 56.1 Å². The number of alkyl halides is 3. The van der Waals surface area contributed by atoms with Crippen LogP contribution in [0.2, 0.25) is 0 Å². The highest BCUT2D eigenvalue weighted by molar-refractivity contribution is 4.89. The Balaban J connectivity index is 2.06. The molecule has 16 heavy (non-hydrogen) atoms. The molecular formula is C10H16F3NO2. The van der Waals surface area contributed by atoms with E-state index in [1.165, 1.54) is 4.90 Å². The fourth-order valence-electron chi connectivity index (χ4n) is 2.36. The number of nitrogens with zero attached hydrogens (tertiary/aromatic N) is 1. The second-order valence-electron chi connectivity index (χ2n) is 4.19. The van der Waals surface area contributed by atoms with Gasteiger partial charge in [0.2, 0.25) is 0 Å². The molecule has 2 fully saturated rings. The van der Waals surface area contributed by atoms with Gasteiger partial charge in [0, 0.05) is 19.7 Å². The monoisotopic (exact) mass is 239 g/mol. The molecule has 2 aliphatic rings. The summed E-state index contributed by atoms with van der Waals surface area (Å²) in [5.41, 5.74) is 0. The molecule has 94 valence electrons. The van der Waals surface area contributed by atoms with Crippen molar-refractivity contribution in [2.75, 3.05) is 32.9 Å². The Morgan fingerprint density at radius 3 is 2.31 bits per heavy atom. The lowest BCUT2D eigenvalue weighted by Gasteiger charge is -2.38. The van der Waals surface area contributed by atoms with Gasteiger partial charge in [-0.3, -0.25) is 4.90 Å². The van der Waals surface area contributed by atoms with E-state index in [2.05, 4.69) is 0 Å². The predicted molar refractivity (Wildman–Crippen MR) is 51.2 cm³/mol. The maximum atomic E-state index is 13.0. The molecule has 0 bridgehead atoms. The van der Waals surface area contributed by atoms with Crippen LogP contribution in [0.15, 0.2) is 0 Å². The number of ether oxygens (including phenoxy) is 2. The number of rotatable bonds is 2. The molecule has 3 nitrogen and oxygen atoms in total. The van der Waals surface area contributed by atoms with E-state index in [0.29, 0.717) is 39.3 Å². The average molecular weight is 239 g/mol. The van der Waals surface area contributed by atoms with Crippen LogP contribution >= 0.6 is 0 Å². The van der Waals surface area contributed by atoms with Crippen molar-refractivity contribution in [3.8, 4) is 0 Å². The van der Waals surface area contributed by atoms with Crippen molar-refractivity contribution in [2.24, 2.45) is 0 Å². The van der Waals surface area contributed by atoms with Crippen molar-refractivity contribution < 1.29 is 22.6 Å². The summed E-state index contributed by atoms with van der Waals surface area (Å²) in [4.78, 5) is 1.44. The van der Waals surface area contributed by atoms with E-state index < -0.39 is 18.3 Å². The molecule has 0 radical (unpaired) electrons. The molecule has 2 rings (SSSR count). The minimum absolute atomic E-state index is 0.337. The van der Waals surface area contributed by atoms with Crippen molar-refractivity contribution in [3.05, 3.63) is 0 Å². The molecule has 2 aliphatic heterocycles. The quantitative estimate of drug-likeness (QED) is 0.727. The van der Waals surface area contributed by atoms with Gasteiger partial charge < -0.3 is 9.47 Å². The summed E-state index contributed by atoms with van der Waals surface area (Å²) >= 11 is 0. The third kappa shape index (κ3) is 2.67. The first kappa shape index (κ1) is 12.1.